The fraction of sp³-hybridized carbons (Fsp3) is 0.611. The van der Waals surface area contributed by atoms with E-state index in [1.807, 2.05) is 30.1 Å². The maximum atomic E-state index is 6.30. The first-order chi connectivity index (χ1) is 11.7. The van der Waals surface area contributed by atoms with Crippen LogP contribution < -0.4 is 0 Å². The van der Waals surface area contributed by atoms with Gasteiger partial charge in [0.2, 0.25) is 0 Å². The van der Waals surface area contributed by atoms with Crippen LogP contribution in [0, 0.1) is 12.8 Å². The van der Waals surface area contributed by atoms with Gasteiger partial charge in [-0.25, -0.2) is 4.98 Å². The van der Waals surface area contributed by atoms with Crippen LogP contribution in [-0.4, -0.2) is 53.0 Å². The van der Waals surface area contributed by atoms with Crippen LogP contribution in [0.3, 0.4) is 0 Å². The predicted molar refractivity (Wildman–Crippen MR) is 94.2 cm³/mol. The maximum Gasteiger partial charge on any atom is 0.104 e. The summed E-state index contributed by atoms with van der Waals surface area (Å²) in [4.78, 5) is 9.44. The van der Waals surface area contributed by atoms with Crippen LogP contribution in [0.1, 0.15) is 16.2 Å². The molecular formula is C18H25N3O2S. The smallest absolute Gasteiger partial charge is 0.104 e. The van der Waals surface area contributed by atoms with Crippen molar-refractivity contribution in [2.45, 2.75) is 32.0 Å². The van der Waals surface area contributed by atoms with Crippen molar-refractivity contribution in [3.05, 3.63) is 40.6 Å². The van der Waals surface area contributed by atoms with Gasteiger partial charge in [-0.3, -0.25) is 4.90 Å². The van der Waals surface area contributed by atoms with Gasteiger partial charge < -0.3 is 14.0 Å². The molecule has 4 heterocycles. The minimum absolute atomic E-state index is 0.145. The molecule has 0 unspecified atom stereocenters. The molecule has 2 atom stereocenters. The Morgan fingerprint density at radius 2 is 2.38 bits per heavy atom. The minimum atomic E-state index is -0.145. The molecule has 6 heteroatoms. The molecule has 0 aromatic carbocycles. The van der Waals surface area contributed by atoms with Gasteiger partial charge in [-0.1, -0.05) is 0 Å². The van der Waals surface area contributed by atoms with Crippen LogP contribution >= 0.6 is 11.3 Å². The molecule has 5 nitrogen and oxygen atoms in total. The zero-order valence-corrected chi connectivity index (χ0v) is 15.0. The van der Waals surface area contributed by atoms with E-state index in [9.17, 15) is 0 Å². The lowest BCUT2D eigenvalue weighted by Crippen LogP contribution is -2.43. The average molecular weight is 347 g/mol. The average Bonchev–Trinajstić information content (AvgIpc) is 3.25. The third kappa shape index (κ3) is 3.72. The predicted octanol–water partition coefficient (Wildman–Crippen LogP) is 2.56. The molecule has 2 aromatic heterocycles. The SMILES string of the molecule is Cc1ccc(CN2CCOC[C@@]3(C[C@H](Cn4ccnc4)CO3)C2)s1. The molecule has 2 aliphatic rings. The van der Waals surface area contributed by atoms with E-state index < -0.39 is 0 Å². The zero-order chi connectivity index (χ0) is 16.4. The molecule has 1 spiro atoms. The fourth-order valence-electron chi connectivity index (χ4n) is 3.87. The van der Waals surface area contributed by atoms with Crippen molar-refractivity contribution >= 4 is 11.3 Å². The maximum absolute atomic E-state index is 6.30. The van der Waals surface area contributed by atoms with Gasteiger partial charge in [0, 0.05) is 54.2 Å². The number of aryl methyl sites for hydroxylation is 1. The van der Waals surface area contributed by atoms with Crippen LogP contribution in [0.15, 0.2) is 30.9 Å². The summed E-state index contributed by atoms with van der Waals surface area (Å²) in [5.41, 5.74) is -0.145. The molecule has 130 valence electrons. The van der Waals surface area contributed by atoms with Gasteiger partial charge >= 0.3 is 0 Å². The summed E-state index contributed by atoms with van der Waals surface area (Å²) < 4.78 is 14.4. The molecule has 2 fully saturated rings. The molecule has 0 radical (unpaired) electrons. The lowest BCUT2D eigenvalue weighted by molar-refractivity contribution is -0.0562. The Hall–Kier alpha value is -1.21. The zero-order valence-electron chi connectivity index (χ0n) is 14.2. The van der Waals surface area contributed by atoms with Crippen molar-refractivity contribution < 1.29 is 9.47 Å². The Morgan fingerprint density at radius 3 is 3.17 bits per heavy atom. The van der Waals surface area contributed by atoms with Crippen molar-refractivity contribution in [3.63, 3.8) is 0 Å². The van der Waals surface area contributed by atoms with Gasteiger partial charge in [0.15, 0.2) is 0 Å². The van der Waals surface area contributed by atoms with E-state index in [2.05, 4.69) is 33.5 Å². The highest BCUT2D eigenvalue weighted by Crippen LogP contribution is 2.34. The van der Waals surface area contributed by atoms with Crippen LogP contribution in [-0.2, 0) is 22.6 Å². The van der Waals surface area contributed by atoms with E-state index in [-0.39, 0.29) is 5.60 Å². The summed E-state index contributed by atoms with van der Waals surface area (Å²) in [6.07, 6.45) is 6.82. The number of thiophene rings is 1. The standard InChI is InChI=1S/C18H25N3O2S/c1-15-2-3-17(24-15)10-20-6-7-22-13-18(12-20)8-16(11-23-18)9-21-5-4-19-14-21/h2-5,14,16H,6-13H2,1H3/t16-,18-/m1/s1. The molecule has 2 saturated heterocycles. The lowest BCUT2D eigenvalue weighted by Gasteiger charge is -2.31. The molecule has 0 aliphatic carbocycles. The molecule has 0 amide bonds. The van der Waals surface area contributed by atoms with Crippen molar-refractivity contribution in [2.75, 3.05) is 32.9 Å². The van der Waals surface area contributed by atoms with E-state index >= 15 is 0 Å². The first kappa shape index (κ1) is 16.3. The number of rotatable bonds is 4. The number of hydrogen-bond acceptors (Lipinski definition) is 5. The van der Waals surface area contributed by atoms with Crippen LogP contribution in [0.5, 0.6) is 0 Å². The van der Waals surface area contributed by atoms with Gasteiger partial charge in [0.05, 0.1) is 26.1 Å². The molecule has 0 bridgehead atoms. The van der Waals surface area contributed by atoms with Crippen molar-refractivity contribution in [2.24, 2.45) is 5.92 Å². The normalized spacial score (nSPS) is 28.5. The molecule has 2 aromatic rings. The van der Waals surface area contributed by atoms with E-state index in [1.165, 1.54) is 9.75 Å². The number of hydrogen-bond donors (Lipinski definition) is 0. The van der Waals surface area contributed by atoms with E-state index in [1.54, 1.807) is 0 Å². The first-order valence-corrected chi connectivity index (χ1v) is 9.48. The lowest BCUT2D eigenvalue weighted by atomic mass is 9.94. The topological polar surface area (TPSA) is 39.5 Å². The number of imidazole rings is 1. The van der Waals surface area contributed by atoms with Gasteiger partial charge in [0.25, 0.3) is 0 Å². The highest BCUT2D eigenvalue weighted by Gasteiger charge is 2.43. The van der Waals surface area contributed by atoms with E-state index in [0.29, 0.717) is 12.5 Å². The molecule has 2 aliphatic heterocycles. The van der Waals surface area contributed by atoms with Gasteiger partial charge in [-0.2, -0.15) is 0 Å². The molecule has 24 heavy (non-hydrogen) atoms. The summed E-state index contributed by atoms with van der Waals surface area (Å²) in [6.45, 7) is 8.41. The van der Waals surface area contributed by atoms with Crippen LogP contribution in [0.4, 0.5) is 0 Å². The van der Waals surface area contributed by atoms with Gasteiger partial charge in [-0.05, 0) is 25.5 Å². The monoisotopic (exact) mass is 347 g/mol. The molecule has 0 N–H and O–H groups in total. The third-order valence-corrected chi connectivity index (χ3v) is 5.90. The molecular weight excluding hydrogens is 322 g/mol. The fourth-order valence-corrected chi connectivity index (χ4v) is 4.80. The summed E-state index contributed by atoms with van der Waals surface area (Å²) in [5, 5.41) is 0. The second kappa shape index (κ2) is 6.96. The highest BCUT2D eigenvalue weighted by atomic mass is 32.1. The summed E-state index contributed by atoms with van der Waals surface area (Å²) in [7, 11) is 0. The summed E-state index contributed by atoms with van der Waals surface area (Å²) >= 11 is 1.89. The Labute approximate surface area is 147 Å². The summed E-state index contributed by atoms with van der Waals surface area (Å²) in [5.74, 6) is 0.534. The van der Waals surface area contributed by atoms with Gasteiger partial charge in [-0.15, -0.1) is 11.3 Å². The van der Waals surface area contributed by atoms with Crippen molar-refractivity contribution in [1.82, 2.24) is 14.5 Å². The summed E-state index contributed by atoms with van der Waals surface area (Å²) in [6, 6.07) is 4.45. The van der Waals surface area contributed by atoms with Crippen LogP contribution in [0.25, 0.3) is 0 Å². The largest absolute Gasteiger partial charge is 0.377 e. The Kier molecular flexibility index (Phi) is 4.72. The number of aromatic nitrogens is 2. The van der Waals surface area contributed by atoms with Crippen molar-refractivity contribution in [1.29, 1.82) is 0 Å². The first-order valence-electron chi connectivity index (χ1n) is 8.66. The third-order valence-electron chi connectivity index (χ3n) is 4.92. The quantitative estimate of drug-likeness (QED) is 0.852. The Morgan fingerprint density at radius 1 is 1.42 bits per heavy atom. The number of nitrogens with zero attached hydrogens (tertiary/aromatic N) is 3. The molecule has 4 rings (SSSR count). The highest BCUT2D eigenvalue weighted by molar-refractivity contribution is 7.11. The van der Waals surface area contributed by atoms with Gasteiger partial charge in [0.1, 0.15) is 5.60 Å². The minimum Gasteiger partial charge on any atom is -0.377 e. The second-order valence-electron chi connectivity index (χ2n) is 7.10. The van der Waals surface area contributed by atoms with E-state index in [0.717, 1.165) is 45.8 Å². The second-order valence-corrected chi connectivity index (χ2v) is 8.47. The van der Waals surface area contributed by atoms with Crippen molar-refractivity contribution in [3.8, 4) is 0 Å². The van der Waals surface area contributed by atoms with Crippen LogP contribution in [0.2, 0.25) is 0 Å². The Balaban J connectivity index is 1.40. The number of ether oxygens (including phenoxy) is 2. The Bertz CT molecular complexity index is 657. The molecule has 0 saturated carbocycles. The van der Waals surface area contributed by atoms with E-state index in [4.69, 9.17) is 9.47 Å².